The van der Waals surface area contributed by atoms with Crippen molar-refractivity contribution in [3.8, 4) is 0 Å². The van der Waals surface area contributed by atoms with Gasteiger partial charge in [0.1, 0.15) is 12.1 Å². The number of hydrogen-bond acceptors (Lipinski definition) is 7. The third-order valence-corrected chi connectivity index (χ3v) is 11.8. The van der Waals surface area contributed by atoms with Crippen LogP contribution >= 0.6 is 0 Å². The molecule has 1 aliphatic heterocycles. The topological polar surface area (TPSA) is 178 Å². The number of aromatic nitrogens is 1. The van der Waals surface area contributed by atoms with Gasteiger partial charge >= 0.3 is 16.2 Å². The highest BCUT2D eigenvalue weighted by Gasteiger charge is 2.70. The van der Waals surface area contributed by atoms with Gasteiger partial charge in [-0.2, -0.15) is 0 Å². The van der Waals surface area contributed by atoms with Crippen molar-refractivity contribution in [1.29, 1.82) is 0 Å². The first-order chi connectivity index (χ1) is 23.5. The Hall–Kier alpha value is -3.85. The molecule has 14 nitrogen and oxygen atoms in total. The van der Waals surface area contributed by atoms with Crippen molar-refractivity contribution in [1.82, 2.24) is 30.5 Å². The van der Waals surface area contributed by atoms with Gasteiger partial charge in [-0.15, -0.1) is 19.3 Å². The maximum Gasteiger partial charge on any atom is 0.447 e. The number of fused-ring (bicyclic) bond motifs is 1. The number of rotatable bonds is 15. The van der Waals surface area contributed by atoms with E-state index < -0.39 is 74.7 Å². The third kappa shape index (κ3) is 9.53. The molecule has 6 atom stereocenters. The van der Waals surface area contributed by atoms with E-state index in [1.807, 2.05) is 62.3 Å². The lowest BCUT2D eigenvalue weighted by molar-refractivity contribution is -0.515. The van der Waals surface area contributed by atoms with Crippen LogP contribution in [-0.2, 0) is 29.4 Å². The fraction of sp³-hybridized carbons (Fsp3) is 0.667. The number of nitrogens with one attached hydrogen (secondary N) is 4. The Labute approximate surface area is 303 Å². The highest BCUT2D eigenvalue weighted by Crippen LogP contribution is 2.65. The van der Waals surface area contributed by atoms with Gasteiger partial charge in [0.2, 0.25) is 17.6 Å². The number of carbonyl (C=O) groups is 5. The maximum atomic E-state index is 14.4. The molecule has 0 radical (unpaired) electrons. The number of piperidine rings is 1. The average molecular weight is 733 g/mol. The molecular formula is C36H58N7O7S+. The number of likely N-dealkylation sites (N-methyl/N-ethyl adjacent to an activating group) is 1. The standard InChI is InChI=1S/C36H57N7O7S/c1-12-17-24(28(44)31(46)37-18-13-2)38-30(45)27-26-23(36(26,9)10)21-43(27)32(47)29(35(6,7)8)40-33(48)39-25(34(3,4)5)22-41(11)51(49,50)42-19-15-14-16-20-42/h13-16,19-20,23-27,29H,2,12,17-18,21-22H2,1,3-11H3,(H3-,37,38,39,40,45,46,48)/p+1/t23-,24?,25+,26-,27-,29+/m0/s1. The van der Waals surface area contributed by atoms with Crippen LogP contribution in [-0.4, -0.2) is 98.0 Å². The molecule has 15 heteroatoms. The molecular weight excluding hydrogens is 675 g/mol. The Balaban J connectivity index is 1.83. The summed E-state index contributed by atoms with van der Waals surface area (Å²) in [6, 6.07) is 0.561. The number of pyridine rings is 1. The van der Waals surface area contributed by atoms with E-state index in [4.69, 9.17) is 0 Å². The third-order valence-electron chi connectivity index (χ3n) is 10.1. The summed E-state index contributed by atoms with van der Waals surface area (Å²) in [6.07, 6.45) is 5.08. The molecule has 1 saturated heterocycles. The Morgan fingerprint density at radius 3 is 2.14 bits per heavy atom. The molecule has 0 bridgehead atoms. The second-order valence-electron chi connectivity index (χ2n) is 16.4. The van der Waals surface area contributed by atoms with E-state index in [1.165, 1.54) is 30.4 Å². The summed E-state index contributed by atoms with van der Waals surface area (Å²) < 4.78 is 28.7. The zero-order valence-corrected chi connectivity index (χ0v) is 32.6. The highest BCUT2D eigenvalue weighted by atomic mass is 32.2. The molecule has 0 spiro atoms. The number of urea groups is 1. The number of likely N-dealkylation sites (tertiary alicyclic amines) is 1. The van der Waals surface area contributed by atoms with E-state index in [1.54, 1.807) is 18.2 Å². The largest absolute Gasteiger partial charge is 0.447 e. The number of ketones is 1. The van der Waals surface area contributed by atoms with Crippen molar-refractivity contribution in [3.05, 3.63) is 43.2 Å². The van der Waals surface area contributed by atoms with Crippen LogP contribution in [0.4, 0.5) is 4.79 Å². The van der Waals surface area contributed by atoms with E-state index in [0.717, 1.165) is 8.28 Å². The zero-order valence-electron chi connectivity index (χ0n) is 31.8. The monoisotopic (exact) mass is 732 g/mol. The number of nitrogens with zero attached hydrogens (tertiary/aromatic N) is 3. The summed E-state index contributed by atoms with van der Waals surface area (Å²) in [4.78, 5) is 69.1. The normalized spacial score (nSPS) is 21.5. The number of carbonyl (C=O) groups excluding carboxylic acids is 5. The van der Waals surface area contributed by atoms with Gasteiger partial charge in [-0.05, 0) is 34.5 Å². The van der Waals surface area contributed by atoms with Crippen LogP contribution < -0.4 is 25.2 Å². The molecule has 0 aromatic carbocycles. The van der Waals surface area contributed by atoms with Gasteiger partial charge in [-0.3, -0.25) is 19.2 Å². The molecule has 1 aromatic rings. The van der Waals surface area contributed by atoms with Crippen LogP contribution in [0.2, 0.25) is 0 Å². The fourth-order valence-electron chi connectivity index (χ4n) is 6.77. The lowest BCUT2D eigenvalue weighted by Crippen LogP contribution is -2.63. The molecule has 51 heavy (non-hydrogen) atoms. The van der Waals surface area contributed by atoms with Gasteiger partial charge in [0.05, 0.1) is 6.04 Å². The van der Waals surface area contributed by atoms with Gasteiger partial charge in [0.15, 0.2) is 12.4 Å². The van der Waals surface area contributed by atoms with E-state index in [2.05, 4.69) is 27.8 Å². The minimum Gasteiger partial charge on any atom is -0.346 e. The van der Waals surface area contributed by atoms with Gasteiger partial charge in [-0.1, -0.05) is 84.8 Å². The molecule has 5 amide bonds. The Bertz CT molecular complexity index is 1580. The molecule has 1 aliphatic carbocycles. The smallest absolute Gasteiger partial charge is 0.346 e. The van der Waals surface area contributed by atoms with Crippen LogP contribution in [0, 0.1) is 28.1 Å². The minimum atomic E-state index is -3.92. The predicted molar refractivity (Wildman–Crippen MR) is 193 cm³/mol. The van der Waals surface area contributed by atoms with Crippen molar-refractivity contribution < 1.29 is 36.4 Å². The molecule has 2 fully saturated rings. The summed E-state index contributed by atoms with van der Waals surface area (Å²) in [5.74, 6) is -2.70. The number of Topliss-reactive ketones (excluding diaryl/α,β-unsaturated/α-hetero) is 1. The summed E-state index contributed by atoms with van der Waals surface area (Å²) in [5, 5.41) is 11.0. The molecule has 4 N–H and O–H groups in total. The Kier molecular flexibility index (Phi) is 12.9. The van der Waals surface area contributed by atoms with E-state index in [-0.39, 0.29) is 36.8 Å². The first-order valence-corrected chi connectivity index (χ1v) is 18.9. The van der Waals surface area contributed by atoms with E-state index in [0.29, 0.717) is 13.0 Å². The molecule has 1 aromatic heterocycles. The van der Waals surface area contributed by atoms with Crippen molar-refractivity contribution in [2.45, 2.75) is 99.3 Å². The molecule has 2 aliphatic rings. The Morgan fingerprint density at radius 1 is 1.00 bits per heavy atom. The van der Waals surface area contributed by atoms with E-state index in [9.17, 15) is 32.4 Å². The fourth-order valence-corrected chi connectivity index (χ4v) is 7.88. The van der Waals surface area contributed by atoms with Crippen molar-refractivity contribution in [2.24, 2.45) is 28.1 Å². The molecule has 284 valence electrons. The second-order valence-corrected chi connectivity index (χ2v) is 18.4. The van der Waals surface area contributed by atoms with Crippen molar-refractivity contribution >= 4 is 39.7 Å². The summed E-state index contributed by atoms with van der Waals surface area (Å²) in [7, 11) is -2.48. The SMILES string of the molecule is C=CCNC(=O)C(=O)C(CCC)NC(=O)[C@@H]1[C@@H]2[C@H](CN1C(=O)[C@@H](NC(=O)N[C@H](CN(C)S(=O)(=O)[n+]1ccccc1)C(C)(C)C)C(C)(C)C)C2(C)C. The predicted octanol–water partition coefficient (Wildman–Crippen LogP) is 1.77. The summed E-state index contributed by atoms with van der Waals surface area (Å²) in [5.41, 5.74) is -1.59. The van der Waals surface area contributed by atoms with Crippen molar-refractivity contribution in [3.63, 3.8) is 0 Å². The maximum absolute atomic E-state index is 14.4. The van der Waals surface area contributed by atoms with E-state index >= 15 is 0 Å². The lowest BCUT2D eigenvalue weighted by atomic mass is 9.85. The van der Waals surface area contributed by atoms with Gasteiger partial charge in [0.25, 0.3) is 5.91 Å². The summed E-state index contributed by atoms with van der Waals surface area (Å²) in [6.45, 7) is 20.9. The van der Waals surface area contributed by atoms with Crippen molar-refractivity contribution in [2.75, 3.05) is 26.7 Å². The summed E-state index contributed by atoms with van der Waals surface area (Å²) >= 11 is 0. The van der Waals surface area contributed by atoms with Crippen LogP contribution in [0.5, 0.6) is 0 Å². The van der Waals surface area contributed by atoms with Crippen LogP contribution in [0.25, 0.3) is 0 Å². The zero-order chi connectivity index (χ0) is 38.7. The molecule has 1 unspecified atom stereocenters. The minimum absolute atomic E-state index is 0.0353. The number of hydrogen-bond donors (Lipinski definition) is 4. The van der Waals surface area contributed by atoms with Gasteiger partial charge in [-0.25, -0.2) is 4.79 Å². The number of amides is 5. The quantitative estimate of drug-likeness (QED) is 0.121. The average Bonchev–Trinajstić information content (AvgIpc) is 3.34. The Morgan fingerprint density at radius 2 is 1.61 bits per heavy atom. The lowest BCUT2D eigenvalue weighted by Gasteiger charge is -2.39. The molecule has 3 rings (SSSR count). The molecule has 2 heterocycles. The first kappa shape index (κ1) is 41.6. The second kappa shape index (κ2) is 15.8. The first-order valence-electron chi connectivity index (χ1n) is 17.5. The van der Waals surface area contributed by atoms with Crippen LogP contribution in [0.15, 0.2) is 43.2 Å². The van der Waals surface area contributed by atoms with Crippen LogP contribution in [0.3, 0.4) is 0 Å². The van der Waals surface area contributed by atoms with Gasteiger partial charge < -0.3 is 26.2 Å². The van der Waals surface area contributed by atoms with Crippen LogP contribution in [0.1, 0.15) is 75.2 Å². The van der Waals surface area contributed by atoms with Gasteiger partial charge in [0, 0.05) is 44.9 Å². The highest BCUT2D eigenvalue weighted by molar-refractivity contribution is 7.82. The molecule has 1 saturated carbocycles.